The van der Waals surface area contributed by atoms with Crippen molar-refractivity contribution in [3.8, 4) is 0 Å². The van der Waals surface area contributed by atoms with Crippen molar-refractivity contribution in [1.82, 2.24) is 5.32 Å². The highest BCUT2D eigenvalue weighted by Crippen LogP contribution is 2.48. The third-order valence-corrected chi connectivity index (χ3v) is 5.46. The predicted octanol–water partition coefficient (Wildman–Crippen LogP) is 1.05. The summed E-state index contributed by atoms with van der Waals surface area (Å²) in [6.07, 6.45) is 1.15. The van der Waals surface area contributed by atoms with Gasteiger partial charge >= 0.3 is 5.97 Å². The molecule has 1 amide bonds. The Kier molecular flexibility index (Phi) is 4.33. The van der Waals surface area contributed by atoms with Crippen LogP contribution in [0.2, 0.25) is 0 Å². The van der Waals surface area contributed by atoms with Crippen LogP contribution in [0.4, 0.5) is 0 Å². The standard InChI is InChI=1S/C16H23NO6/c1-7(15(20)21)9-3-4-10(9)11-5-22-16-13(17-8(2)18)12(6-23-16)14(11)19/h7,9-11,13,16,19H,3-6H2,1-2H3,(H,17,18)(H,20,21)/t7-,9?,10?,11?,13?,16+/m0/s1. The summed E-state index contributed by atoms with van der Waals surface area (Å²) in [4.78, 5) is 22.6. The molecule has 0 aromatic rings. The summed E-state index contributed by atoms with van der Waals surface area (Å²) in [6, 6.07) is -0.465. The van der Waals surface area contributed by atoms with Crippen molar-refractivity contribution >= 4 is 11.9 Å². The first kappa shape index (κ1) is 16.3. The highest BCUT2D eigenvalue weighted by Gasteiger charge is 2.48. The summed E-state index contributed by atoms with van der Waals surface area (Å²) in [5, 5.41) is 22.7. The molecule has 3 N–H and O–H groups in total. The first-order valence-electron chi connectivity index (χ1n) is 8.05. The fourth-order valence-corrected chi connectivity index (χ4v) is 3.97. The molecule has 2 fully saturated rings. The fourth-order valence-electron chi connectivity index (χ4n) is 3.97. The molecule has 1 saturated heterocycles. The Hall–Kier alpha value is -1.60. The van der Waals surface area contributed by atoms with Gasteiger partial charge in [-0.05, 0) is 24.7 Å². The summed E-state index contributed by atoms with van der Waals surface area (Å²) in [5.41, 5.74) is 0.654. The number of fused-ring (bicyclic) bond motifs is 2. The lowest BCUT2D eigenvalue weighted by molar-refractivity contribution is -0.152. The Labute approximate surface area is 134 Å². The third-order valence-electron chi connectivity index (χ3n) is 5.46. The van der Waals surface area contributed by atoms with Crippen LogP contribution in [-0.2, 0) is 19.1 Å². The molecule has 0 aromatic carbocycles. The second-order valence-electron chi connectivity index (χ2n) is 6.74. The van der Waals surface area contributed by atoms with E-state index in [-0.39, 0.29) is 42.6 Å². The Morgan fingerprint density at radius 2 is 2.04 bits per heavy atom. The molecule has 2 heterocycles. The van der Waals surface area contributed by atoms with E-state index in [1.54, 1.807) is 6.92 Å². The van der Waals surface area contributed by atoms with Crippen LogP contribution in [0.25, 0.3) is 0 Å². The SMILES string of the molecule is CC(=O)NC1C2=C(O)C(C3CCC3[C@H](C)C(=O)O)CO[C@@H]1OC2. The van der Waals surface area contributed by atoms with Gasteiger partial charge in [-0.15, -0.1) is 0 Å². The number of rotatable bonds is 4. The van der Waals surface area contributed by atoms with Gasteiger partial charge in [-0.3, -0.25) is 9.59 Å². The van der Waals surface area contributed by atoms with Gasteiger partial charge < -0.3 is 25.0 Å². The van der Waals surface area contributed by atoms with Crippen LogP contribution >= 0.6 is 0 Å². The van der Waals surface area contributed by atoms with Crippen molar-refractivity contribution in [2.45, 2.75) is 39.0 Å². The molecule has 128 valence electrons. The smallest absolute Gasteiger partial charge is 0.306 e. The number of carbonyl (C=O) groups excluding carboxylic acids is 1. The predicted molar refractivity (Wildman–Crippen MR) is 79.5 cm³/mol. The lowest BCUT2D eigenvalue weighted by Crippen LogP contribution is -2.42. The van der Waals surface area contributed by atoms with Crippen molar-refractivity contribution in [2.24, 2.45) is 23.7 Å². The number of ether oxygens (including phenoxy) is 2. The Morgan fingerprint density at radius 1 is 1.30 bits per heavy atom. The number of hydrogen-bond acceptors (Lipinski definition) is 5. The molecule has 7 heteroatoms. The average Bonchev–Trinajstić information content (AvgIpc) is 2.77. The van der Waals surface area contributed by atoms with E-state index < -0.39 is 24.2 Å². The van der Waals surface area contributed by atoms with Gasteiger partial charge in [-0.1, -0.05) is 6.92 Å². The number of carboxylic acids is 1. The molecule has 1 saturated carbocycles. The van der Waals surface area contributed by atoms with Crippen molar-refractivity contribution in [3.05, 3.63) is 11.3 Å². The van der Waals surface area contributed by atoms with Gasteiger partial charge in [0.25, 0.3) is 0 Å². The Balaban J connectivity index is 1.82. The topological polar surface area (TPSA) is 105 Å². The maximum absolute atomic E-state index is 11.4. The molecule has 7 nitrogen and oxygen atoms in total. The summed E-state index contributed by atoms with van der Waals surface area (Å²) < 4.78 is 11.2. The largest absolute Gasteiger partial charge is 0.512 e. The van der Waals surface area contributed by atoms with E-state index in [4.69, 9.17) is 9.47 Å². The Morgan fingerprint density at radius 3 is 2.61 bits per heavy atom. The molecular weight excluding hydrogens is 302 g/mol. The van der Waals surface area contributed by atoms with E-state index in [0.717, 1.165) is 12.8 Å². The molecular formula is C16H23NO6. The highest BCUT2D eigenvalue weighted by molar-refractivity contribution is 5.74. The number of aliphatic hydroxyl groups is 1. The summed E-state index contributed by atoms with van der Waals surface area (Å²) >= 11 is 0. The number of nitrogens with one attached hydrogen (secondary N) is 1. The molecule has 1 aliphatic carbocycles. The van der Waals surface area contributed by atoms with E-state index in [0.29, 0.717) is 5.57 Å². The lowest BCUT2D eigenvalue weighted by Gasteiger charge is -2.43. The molecule has 6 atom stereocenters. The number of amides is 1. The van der Waals surface area contributed by atoms with Gasteiger partial charge in [-0.2, -0.15) is 0 Å². The molecule has 0 aromatic heterocycles. The normalized spacial score (nSPS) is 37.7. The van der Waals surface area contributed by atoms with Crippen LogP contribution in [0.3, 0.4) is 0 Å². The van der Waals surface area contributed by atoms with Gasteiger partial charge in [0.05, 0.1) is 19.1 Å². The minimum atomic E-state index is -0.803. The lowest BCUT2D eigenvalue weighted by atomic mass is 9.62. The zero-order valence-electron chi connectivity index (χ0n) is 13.3. The Bertz CT molecular complexity index is 545. The second-order valence-corrected chi connectivity index (χ2v) is 6.74. The maximum Gasteiger partial charge on any atom is 0.306 e. The van der Waals surface area contributed by atoms with Crippen molar-refractivity contribution in [1.29, 1.82) is 0 Å². The second kappa shape index (κ2) is 6.13. The molecule has 3 aliphatic rings. The minimum Gasteiger partial charge on any atom is -0.512 e. The van der Waals surface area contributed by atoms with E-state index in [1.165, 1.54) is 6.92 Å². The molecule has 4 unspecified atom stereocenters. The zero-order valence-corrected chi connectivity index (χ0v) is 13.3. The van der Waals surface area contributed by atoms with Crippen LogP contribution in [0.15, 0.2) is 11.3 Å². The molecule has 23 heavy (non-hydrogen) atoms. The number of aliphatic carboxylic acids is 1. The summed E-state index contributed by atoms with van der Waals surface area (Å²) in [5.74, 6) is -1.34. The van der Waals surface area contributed by atoms with Gasteiger partial charge in [0.1, 0.15) is 11.8 Å². The quantitative estimate of drug-likeness (QED) is 0.713. The fraction of sp³-hybridized carbons (Fsp3) is 0.750. The number of aliphatic hydroxyl groups excluding tert-OH is 1. The van der Waals surface area contributed by atoms with E-state index in [9.17, 15) is 19.8 Å². The maximum atomic E-state index is 11.4. The van der Waals surface area contributed by atoms with Gasteiger partial charge in [0.2, 0.25) is 5.91 Å². The molecule has 0 spiro atoms. The van der Waals surface area contributed by atoms with Crippen LogP contribution in [0, 0.1) is 23.7 Å². The average molecular weight is 325 g/mol. The van der Waals surface area contributed by atoms with E-state index in [1.807, 2.05) is 0 Å². The first-order valence-corrected chi connectivity index (χ1v) is 8.05. The monoisotopic (exact) mass is 325 g/mol. The van der Waals surface area contributed by atoms with E-state index >= 15 is 0 Å². The molecule has 2 aliphatic heterocycles. The molecule has 2 bridgehead atoms. The van der Waals surface area contributed by atoms with Crippen LogP contribution in [-0.4, -0.2) is 47.6 Å². The van der Waals surface area contributed by atoms with E-state index in [2.05, 4.69) is 5.32 Å². The van der Waals surface area contributed by atoms with Gasteiger partial charge in [0.15, 0.2) is 6.29 Å². The minimum absolute atomic E-state index is 0.0422. The highest BCUT2D eigenvalue weighted by atomic mass is 16.7. The van der Waals surface area contributed by atoms with Crippen molar-refractivity contribution in [3.63, 3.8) is 0 Å². The number of carbonyl (C=O) groups is 2. The van der Waals surface area contributed by atoms with Crippen molar-refractivity contribution < 1.29 is 29.3 Å². The molecule has 0 radical (unpaired) electrons. The van der Waals surface area contributed by atoms with Gasteiger partial charge in [0, 0.05) is 18.4 Å². The van der Waals surface area contributed by atoms with Crippen LogP contribution < -0.4 is 5.32 Å². The zero-order chi connectivity index (χ0) is 16.7. The summed E-state index contributed by atoms with van der Waals surface area (Å²) in [6.45, 7) is 3.64. The first-order chi connectivity index (χ1) is 10.9. The number of hydrogen-bond donors (Lipinski definition) is 3. The van der Waals surface area contributed by atoms with Crippen molar-refractivity contribution in [2.75, 3.05) is 13.2 Å². The number of carboxylic acid groups (broad SMARTS) is 1. The third kappa shape index (κ3) is 2.83. The van der Waals surface area contributed by atoms with Gasteiger partial charge in [-0.25, -0.2) is 0 Å². The van der Waals surface area contributed by atoms with Crippen LogP contribution in [0.1, 0.15) is 26.7 Å². The summed E-state index contributed by atoms with van der Waals surface area (Å²) in [7, 11) is 0. The molecule has 3 rings (SSSR count). The van der Waals surface area contributed by atoms with Crippen LogP contribution in [0.5, 0.6) is 0 Å².